The van der Waals surface area contributed by atoms with Crippen molar-refractivity contribution >= 4 is 34.7 Å². The number of hydrogen-bond acceptors (Lipinski definition) is 4. The summed E-state index contributed by atoms with van der Waals surface area (Å²) < 4.78 is 3.97. The van der Waals surface area contributed by atoms with Crippen LogP contribution in [0.2, 0.25) is 10.0 Å². The molecule has 3 aromatic rings. The molecule has 1 aromatic carbocycles. The molecule has 0 N–H and O–H groups in total. The van der Waals surface area contributed by atoms with E-state index < -0.39 is 0 Å². The minimum Gasteiger partial charge on any atom is -0.249 e. The van der Waals surface area contributed by atoms with Crippen LogP contribution in [0.5, 0.6) is 0 Å². The highest BCUT2D eigenvalue weighted by molar-refractivity contribution is 6.42. The van der Waals surface area contributed by atoms with Crippen LogP contribution in [0.4, 0.5) is 5.82 Å². The second-order valence-electron chi connectivity index (χ2n) is 7.23. The lowest BCUT2D eigenvalue weighted by atomic mass is 9.87. The maximum Gasteiger partial charge on any atom is 0.150 e. The molecule has 0 bridgehead atoms. The molecule has 27 heavy (non-hydrogen) atoms. The third-order valence-electron chi connectivity index (χ3n) is 5.31. The molecule has 2 atom stereocenters. The molecule has 5 rings (SSSR count). The van der Waals surface area contributed by atoms with Gasteiger partial charge in [0.2, 0.25) is 0 Å². The summed E-state index contributed by atoms with van der Waals surface area (Å²) in [6, 6.07) is 7.55. The molecular weight excluding hydrogens is 383 g/mol. The largest absolute Gasteiger partial charge is 0.249 e. The van der Waals surface area contributed by atoms with Crippen LogP contribution in [0.1, 0.15) is 43.1 Å². The van der Waals surface area contributed by atoms with Crippen molar-refractivity contribution < 1.29 is 0 Å². The van der Waals surface area contributed by atoms with Gasteiger partial charge in [0.15, 0.2) is 5.82 Å². The number of fused-ring (bicyclic) bond motifs is 1. The number of benzene rings is 1. The summed E-state index contributed by atoms with van der Waals surface area (Å²) in [5.41, 5.74) is 2.01. The monoisotopic (exact) mass is 400 g/mol. The van der Waals surface area contributed by atoms with Crippen LogP contribution in [0.15, 0.2) is 41.8 Å². The summed E-state index contributed by atoms with van der Waals surface area (Å²) in [6.45, 7) is 2.95. The molecule has 1 saturated carbocycles. The molecule has 6 nitrogen and oxygen atoms in total. The van der Waals surface area contributed by atoms with E-state index in [-0.39, 0.29) is 12.0 Å². The molecule has 138 valence electrons. The molecule has 0 spiro atoms. The molecule has 0 saturated heterocycles. The zero-order valence-electron chi connectivity index (χ0n) is 14.8. The fraction of sp³-hybridized carbons (Fsp3) is 0.368. The topological polar surface area (TPSA) is 60.9 Å². The van der Waals surface area contributed by atoms with Crippen molar-refractivity contribution in [3.05, 3.63) is 58.2 Å². The van der Waals surface area contributed by atoms with Gasteiger partial charge in [-0.3, -0.25) is 0 Å². The summed E-state index contributed by atoms with van der Waals surface area (Å²) in [5.74, 6) is 2.37. The van der Waals surface area contributed by atoms with Gasteiger partial charge in [-0.2, -0.15) is 10.2 Å². The number of aliphatic imine (C=N–C) groups is 1. The molecule has 2 aliphatic rings. The lowest BCUT2D eigenvalue weighted by Crippen LogP contribution is -2.31. The van der Waals surface area contributed by atoms with E-state index in [1.807, 2.05) is 40.6 Å². The van der Waals surface area contributed by atoms with Crippen LogP contribution in [0.3, 0.4) is 0 Å². The Morgan fingerprint density at radius 1 is 1.11 bits per heavy atom. The zero-order chi connectivity index (χ0) is 18.5. The molecular formula is C19H18Cl2N6. The fourth-order valence-electron chi connectivity index (χ4n) is 3.79. The van der Waals surface area contributed by atoms with Crippen LogP contribution in [0.25, 0.3) is 0 Å². The first-order valence-electron chi connectivity index (χ1n) is 9.03. The molecule has 1 aliphatic carbocycles. The van der Waals surface area contributed by atoms with E-state index in [0.29, 0.717) is 16.0 Å². The quantitative estimate of drug-likeness (QED) is 0.638. The lowest BCUT2D eigenvalue weighted by Gasteiger charge is -2.31. The minimum absolute atomic E-state index is 0.0732. The van der Waals surface area contributed by atoms with Crippen LogP contribution in [-0.4, -0.2) is 30.3 Å². The van der Waals surface area contributed by atoms with Crippen LogP contribution < -0.4 is 0 Å². The fourth-order valence-corrected chi connectivity index (χ4v) is 4.09. The van der Waals surface area contributed by atoms with Crippen molar-refractivity contribution in [2.75, 3.05) is 0 Å². The molecule has 0 amide bonds. The van der Waals surface area contributed by atoms with Gasteiger partial charge in [-0.05, 0) is 43.4 Å². The highest BCUT2D eigenvalue weighted by Crippen LogP contribution is 2.42. The van der Waals surface area contributed by atoms with E-state index in [9.17, 15) is 0 Å². The van der Waals surface area contributed by atoms with E-state index in [1.165, 1.54) is 12.8 Å². The Hall–Kier alpha value is -2.18. The van der Waals surface area contributed by atoms with Gasteiger partial charge >= 0.3 is 0 Å². The van der Waals surface area contributed by atoms with Gasteiger partial charge in [0.1, 0.15) is 12.2 Å². The number of halogens is 2. The van der Waals surface area contributed by atoms with Gasteiger partial charge in [0.05, 0.1) is 28.2 Å². The summed E-state index contributed by atoms with van der Waals surface area (Å²) in [5, 5.41) is 10.1. The summed E-state index contributed by atoms with van der Waals surface area (Å²) in [6.07, 6.45) is 5.93. The van der Waals surface area contributed by atoms with E-state index in [2.05, 4.69) is 15.2 Å². The smallest absolute Gasteiger partial charge is 0.150 e. The third kappa shape index (κ3) is 2.97. The summed E-state index contributed by atoms with van der Waals surface area (Å²) >= 11 is 12.5. The Morgan fingerprint density at radius 3 is 2.74 bits per heavy atom. The average molecular weight is 401 g/mol. The third-order valence-corrected chi connectivity index (χ3v) is 6.05. The van der Waals surface area contributed by atoms with Crippen molar-refractivity contribution in [2.45, 2.75) is 38.3 Å². The number of rotatable bonds is 4. The molecule has 0 radical (unpaired) electrons. The van der Waals surface area contributed by atoms with E-state index in [1.54, 1.807) is 12.5 Å². The van der Waals surface area contributed by atoms with Gasteiger partial charge in [0.25, 0.3) is 0 Å². The van der Waals surface area contributed by atoms with Crippen molar-refractivity contribution in [3.8, 4) is 0 Å². The average Bonchev–Trinajstić information content (AvgIpc) is 3.14. The standard InChI is InChI=1S/C19H18Cl2N6/c1-11-17(19-22-10-24-26(19)9-12-2-3-12)18(27-16(25-11)6-7-23-27)13-4-5-14(20)15(21)8-13/h4-8,10,12,17-18H,2-3,9H2,1H3/t17?,18-/m1/s1. The van der Waals surface area contributed by atoms with Crippen LogP contribution >= 0.6 is 23.2 Å². The summed E-state index contributed by atoms with van der Waals surface area (Å²) in [7, 11) is 0. The van der Waals surface area contributed by atoms with Crippen molar-refractivity contribution in [2.24, 2.45) is 10.9 Å². The Morgan fingerprint density at radius 2 is 1.96 bits per heavy atom. The predicted octanol–water partition coefficient (Wildman–Crippen LogP) is 4.67. The Labute approximate surface area is 166 Å². The summed E-state index contributed by atoms with van der Waals surface area (Å²) in [4.78, 5) is 9.39. The Bertz CT molecular complexity index is 1030. The minimum atomic E-state index is -0.107. The first-order chi connectivity index (χ1) is 13.1. The normalized spacial score (nSPS) is 21.8. The highest BCUT2D eigenvalue weighted by Gasteiger charge is 2.38. The molecule has 8 heteroatoms. The van der Waals surface area contributed by atoms with Gasteiger partial charge in [-0.15, -0.1) is 0 Å². The number of hydrogen-bond donors (Lipinski definition) is 0. The first kappa shape index (κ1) is 17.0. The van der Waals surface area contributed by atoms with Crippen molar-refractivity contribution in [1.29, 1.82) is 0 Å². The molecule has 1 unspecified atom stereocenters. The second-order valence-corrected chi connectivity index (χ2v) is 8.04. The van der Waals surface area contributed by atoms with Crippen LogP contribution in [0, 0.1) is 5.92 Å². The maximum absolute atomic E-state index is 6.33. The van der Waals surface area contributed by atoms with Gasteiger partial charge in [-0.25, -0.2) is 19.3 Å². The molecule has 1 aliphatic heterocycles. The Kier molecular flexibility index (Phi) is 4.06. The lowest BCUT2D eigenvalue weighted by molar-refractivity contribution is 0.444. The van der Waals surface area contributed by atoms with Gasteiger partial charge in [0, 0.05) is 18.3 Å². The van der Waals surface area contributed by atoms with E-state index in [0.717, 1.165) is 29.5 Å². The van der Waals surface area contributed by atoms with Crippen LogP contribution in [-0.2, 0) is 6.54 Å². The maximum atomic E-state index is 6.33. The highest BCUT2D eigenvalue weighted by atomic mass is 35.5. The number of aromatic nitrogens is 5. The van der Waals surface area contributed by atoms with E-state index in [4.69, 9.17) is 28.2 Å². The molecule has 2 aromatic heterocycles. The Balaban J connectivity index is 1.65. The SMILES string of the molecule is CC1=Nc2ccnn2[C@H](c2ccc(Cl)c(Cl)c2)C1c1ncnn1CC1CC1. The molecule has 3 heterocycles. The van der Waals surface area contributed by atoms with Crippen molar-refractivity contribution in [3.63, 3.8) is 0 Å². The van der Waals surface area contributed by atoms with Gasteiger partial charge < -0.3 is 0 Å². The predicted molar refractivity (Wildman–Crippen MR) is 105 cm³/mol. The first-order valence-corrected chi connectivity index (χ1v) is 9.79. The van der Waals surface area contributed by atoms with E-state index >= 15 is 0 Å². The molecule has 1 fully saturated rings. The zero-order valence-corrected chi connectivity index (χ0v) is 16.3. The second kappa shape index (κ2) is 6.46. The van der Waals surface area contributed by atoms with Gasteiger partial charge in [-0.1, -0.05) is 29.3 Å². The van der Waals surface area contributed by atoms with Crippen molar-refractivity contribution in [1.82, 2.24) is 24.5 Å². The number of nitrogens with zero attached hydrogens (tertiary/aromatic N) is 6.